The molecule has 0 unspecified atom stereocenters. The van der Waals surface area contributed by atoms with E-state index < -0.39 is 0 Å². The molecule has 1 aromatic carbocycles. The van der Waals surface area contributed by atoms with Crippen molar-refractivity contribution in [2.45, 2.75) is 31.7 Å². The van der Waals surface area contributed by atoms with Crippen LogP contribution in [0.4, 0.5) is 4.79 Å². The maximum Gasteiger partial charge on any atom is 0.317 e. The van der Waals surface area contributed by atoms with Crippen LogP contribution in [0, 0.1) is 0 Å². The lowest BCUT2D eigenvalue weighted by molar-refractivity contribution is -0.0356. The number of hydrogen-bond donors (Lipinski definition) is 1. The largest absolute Gasteiger partial charge is 0.497 e. The molecule has 0 aliphatic carbocycles. The van der Waals surface area contributed by atoms with Crippen molar-refractivity contribution in [1.29, 1.82) is 0 Å². The molecule has 3 rings (SSSR count). The van der Waals surface area contributed by atoms with Gasteiger partial charge >= 0.3 is 6.03 Å². The molecule has 0 bridgehead atoms. The lowest BCUT2D eigenvalue weighted by Crippen LogP contribution is -2.58. The average molecular weight is 396 g/mol. The first-order valence-electron chi connectivity index (χ1n) is 9.70. The predicted molar refractivity (Wildman–Crippen MR) is 107 cm³/mol. The zero-order valence-corrected chi connectivity index (χ0v) is 17.1. The molecule has 0 aromatic heterocycles. The van der Waals surface area contributed by atoms with Crippen molar-refractivity contribution in [3.05, 3.63) is 28.8 Å². The number of piperidine rings is 1. The molecule has 2 fully saturated rings. The van der Waals surface area contributed by atoms with Crippen LogP contribution in [0.3, 0.4) is 0 Å². The molecule has 27 heavy (non-hydrogen) atoms. The molecule has 0 radical (unpaired) electrons. The molecule has 2 saturated heterocycles. The van der Waals surface area contributed by atoms with E-state index in [1.165, 1.54) is 0 Å². The standard InChI is InChI=1S/C20H30ClN3O3/c1-20(24-11-13-27-14-12-24)6-9-23(10-7-20)19(25)22-8-5-16-3-4-17(26-2)15-18(16)21/h3-4,15H,5-14H2,1-2H3,(H,22,25). The number of amides is 2. The van der Waals surface area contributed by atoms with Crippen molar-refractivity contribution in [3.63, 3.8) is 0 Å². The number of urea groups is 1. The number of carbonyl (C=O) groups is 1. The second kappa shape index (κ2) is 9.13. The number of hydrogen-bond acceptors (Lipinski definition) is 4. The number of likely N-dealkylation sites (tertiary alicyclic amines) is 1. The van der Waals surface area contributed by atoms with Gasteiger partial charge in [-0.3, -0.25) is 4.90 Å². The summed E-state index contributed by atoms with van der Waals surface area (Å²) in [6.45, 7) is 8.09. The second-order valence-corrected chi connectivity index (χ2v) is 7.93. The highest BCUT2D eigenvalue weighted by molar-refractivity contribution is 6.31. The van der Waals surface area contributed by atoms with Crippen LogP contribution in [0.25, 0.3) is 0 Å². The highest BCUT2D eigenvalue weighted by Crippen LogP contribution is 2.29. The highest BCUT2D eigenvalue weighted by atomic mass is 35.5. The number of benzene rings is 1. The van der Waals surface area contributed by atoms with Gasteiger partial charge in [0, 0.05) is 43.3 Å². The molecule has 2 aliphatic rings. The minimum Gasteiger partial charge on any atom is -0.497 e. The molecule has 2 aliphatic heterocycles. The van der Waals surface area contributed by atoms with E-state index in [1.54, 1.807) is 13.2 Å². The molecule has 1 aromatic rings. The third kappa shape index (κ3) is 5.06. The fraction of sp³-hybridized carbons (Fsp3) is 0.650. The Hall–Kier alpha value is -1.50. The van der Waals surface area contributed by atoms with Gasteiger partial charge in [0.1, 0.15) is 5.75 Å². The fourth-order valence-corrected chi connectivity index (χ4v) is 4.15. The number of nitrogens with one attached hydrogen (secondary N) is 1. The lowest BCUT2D eigenvalue weighted by atomic mass is 9.87. The van der Waals surface area contributed by atoms with E-state index in [9.17, 15) is 4.79 Å². The maximum absolute atomic E-state index is 12.5. The highest BCUT2D eigenvalue weighted by Gasteiger charge is 2.37. The van der Waals surface area contributed by atoms with Gasteiger partial charge in [0.25, 0.3) is 0 Å². The summed E-state index contributed by atoms with van der Waals surface area (Å²) in [5, 5.41) is 3.70. The van der Waals surface area contributed by atoms with Gasteiger partial charge in [0.2, 0.25) is 0 Å². The summed E-state index contributed by atoms with van der Waals surface area (Å²) in [6, 6.07) is 5.65. The summed E-state index contributed by atoms with van der Waals surface area (Å²) in [4.78, 5) is 16.9. The molecule has 0 spiro atoms. The van der Waals surface area contributed by atoms with E-state index in [1.807, 2.05) is 17.0 Å². The van der Waals surface area contributed by atoms with Crippen molar-refractivity contribution in [2.75, 3.05) is 53.0 Å². The Balaban J connectivity index is 1.43. The molecule has 0 atom stereocenters. The molecule has 150 valence electrons. The molecular formula is C20H30ClN3O3. The predicted octanol–water partition coefficient (Wildman–Crippen LogP) is 2.79. The first-order chi connectivity index (χ1) is 13.0. The summed E-state index contributed by atoms with van der Waals surface area (Å²) in [6.07, 6.45) is 2.71. The quantitative estimate of drug-likeness (QED) is 0.832. The molecule has 6 nitrogen and oxygen atoms in total. The maximum atomic E-state index is 12.5. The zero-order chi connectivity index (χ0) is 19.3. The van der Waals surface area contributed by atoms with Crippen LogP contribution < -0.4 is 10.1 Å². The first kappa shape index (κ1) is 20.2. The summed E-state index contributed by atoms with van der Waals surface area (Å²) < 4.78 is 10.6. The molecule has 2 amide bonds. The van der Waals surface area contributed by atoms with E-state index in [4.69, 9.17) is 21.1 Å². The molecule has 1 N–H and O–H groups in total. The van der Waals surface area contributed by atoms with Crippen LogP contribution in [0.15, 0.2) is 18.2 Å². The average Bonchev–Trinajstić information content (AvgIpc) is 2.70. The third-order valence-electron chi connectivity index (χ3n) is 5.83. The topological polar surface area (TPSA) is 54.0 Å². The zero-order valence-electron chi connectivity index (χ0n) is 16.3. The summed E-state index contributed by atoms with van der Waals surface area (Å²) in [7, 11) is 1.62. The third-order valence-corrected chi connectivity index (χ3v) is 6.18. The number of nitrogens with zero attached hydrogens (tertiary/aromatic N) is 2. The van der Waals surface area contributed by atoms with Gasteiger partial charge in [-0.25, -0.2) is 4.79 Å². The van der Waals surface area contributed by atoms with Gasteiger partial charge in [0.15, 0.2) is 0 Å². The Bertz CT molecular complexity index is 641. The summed E-state index contributed by atoms with van der Waals surface area (Å²) in [5.41, 5.74) is 1.19. The number of methoxy groups -OCH3 is 1. The SMILES string of the molecule is COc1ccc(CCNC(=O)N2CCC(C)(N3CCOCC3)CC2)c(Cl)c1. The minimum atomic E-state index is 0.0173. The molecule has 0 saturated carbocycles. The molecular weight excluding hydrogens is 366 g/mol. The van der Waals surface area contributed by atoms with Gasteiger partial charge in [0.05, 0.1) is 20.3 Å². The van der Waals surface area contributed by atoms with Crippen LogP contribution in [-0.4, -0.2) is 74.4 Å². The van der Waals surface area contributed by atoms with Crippen LogP contribution in [-0.2, 0) is 11.2 Å². The van der Waals surface area contributed by atoms with Crippen molar-refractivity contribution >= 4 is 17.6 Å². The van der Waals surface area contributed by atoms with Gasteiger partial charge < -0.3 is 19.7 Å². The monoisotopic (exact) mass is 395 g/mol. The van der Waals surface area contributed by atoms with E-state index in [2.05, 4.69) is 17.1 Å². The lowest BCUT2D eigenvalue weighted by Gasteiger charge is -2.48. The van der Waals surface area contributed by atoms with Crippen LogP contribution >= 0.6 is 11.6 Å². The van der Waals surface area contributed by atoms with Gasteiger partial charge in [-0.15, -0.1) is 0 Å². The molecule has 7 heteroatoms. The van der Waals surface area contributed by atoms with E-state index in [0.29, 0.717) is 18.0 Å². The van der Waals surface area contributed by atoms with Gasteiger partial charge in [-0.2, -0.15) is 0 Å². The van der Waals surface area contributed by atoms with Crippen LogP contribution in [0.5, 0.6) is 5.75 Å². The minimum absolute atomic E-state index is 0.0173. The Kier molecular flexibility index (Phi) is 6.84. The van der Waals surface area contributed by atoms with Crippen LogP contribution in [0.2, 0.25) is 5.02 Å². The van der Waals surface area contributed by atoms with Crippen molar-refractivity contribution in [2.24, 2.45) is 0 Å². The van der Waals surface area contributed by atoms with Gasteiger partial charge in [-0.05, 0) is 43.9 Å². The van der Waals surface area contributed by atoms with Crippen molar-refractivity contribution in [1.82, 2.24) is 15.1 Å². The van der Waals surface area contributed by atoms with E-state index in [0.717, 1.165) is 63.5 Å². The number of rotatable bonds is 5. The normalized spacial score (nSPS) is 20.3. The smallest absolute Gasteiger partial charge is 0.317 e. The number of halogens is 1. The Morgan fingerprint density at radius 3 is 2.59 bits per heavy atom. The van der Waals surface area contributed by atoms with Gasteiger partial charge in [-0.1, -0.05) is 17.7 Å². The van der Waals surface area contributed by atoms with Crippen molar-refractivity contribution in [3.8, 4) is 5.75 Å². The Labute approximate surface area is 166 Å². The first-order valence-corrected chi connectivity index (χ1v) is 10.1. The van der Waals surface area contributed by atoms with Crippen LogP contribution in [0.1, 0.15) is 25.3 Å². The summed E-state index contributed by atoms with van der Waals surface area (Å²) in [5.74, 6) is 0.740. The Morgan fingerprint density at radius 2 is 1.96 bits per heavy atom. The summed E-state index contributed by atoms with van der Waals surface area (Å²) >= 11 is 6.26. The van der Waals surface area contributed by atoms with Crippen molar-refractivity contribution < 1.29 is 14.3 Å². The molecule has 2 heterocycles. The second-order valence-electron chi connectivity index (χ2n) is 7.52. The number of carbonyl (C=O) groups excluding carboxylic acids is 1. The van der Waals surface area contributed by atoms with E-state index in [-0.39, 0.29) is 11.6 Å². The number of morpholine rings is 1. The Morgan fingerprint density at radius 1 is 1.26 bits per heavy atom. The number of ether oxygens (including phenoxy) is 2. The van der Waals surface area contributed by atoms with E-state index >= 15 is 0 Å². The fourth-order valence-electron chi connectivity index (χ4n) is 3.88.